The smallest absolute Gasteiger partial charge is 0.194 e. The van der Waals surface area contributed by atoms with Crippen LogP contribution in [0.4, 0.5) is 0 Å². The van der Waals surface area contributed by atoms with E-state index in [0.717, 1.165) is 10.0 Å². The summed E-state index contributed by atoms with van der Waals surface area (Å²) in [5.41, 5.74) is 2.28. The first-order valence-electron chi connectivity index (χ1n) is 4.89. The fourth-order valence-corrected chi connectivity index (χ4v) is 1.87. The van der Waals surface area contributed by atoms with E-state index >= 15 is 0 Å². The van der Waals surface area contributed by atoms with E-state index in [1.54, 1.807) is 18.5 Å². The lowest BCUT2D eigenvalue weighted by atomic mass is 10.0. The topological polar surface area (TPSA) is 30.0 Å². The molecule has 0 saturated heterocycles. The highest BCUT2D eigenvalue weighted by Crippen LogP contribution is 2.15. The molecule has 0 bridgehead atoms. The van der Waals surface area contributed by atoms with Gasteiger partial charge in [0.1, 0.15) is 0 Å². The van der Waals surface area contributed by atoms with Gasteiger partial charge in [-0.2, -0.15) is 0 Å². The van der Waals surface area contributed by atoms with Gasteiger partial charge < -0.3 is 0 Å². The molecule has 0 radical (unpaired) electrons. The van der Waals surface area contributed by atoms with Crippen LogP contribution in [0.2, 0.25) is 0 Å². The molecule has 2 nitrogen and oxygen atoms in total. The summed E-state index contributed by atoms with van der Waals surface area (Å²) in [6, 6.07) is 9.20. The standard InChI is InChI=1S/C13H10BrNO/c1-9-5-11(8-15-7-9)13(16)10-3-2-4-12(14)6-10/h2-8H,1H3. The van der Waals surface area contributed by atoms with Crippen LogP contribution in [0.5, 0.6) is 0 Å². The van der Waals surface area contributed by atoms with Gasteiger partial charge in [-0.05, 0) is 30.7 Å². The second-order valence-electron chi connectivity index (χ2n) is 3.59. The number of carbonyl (C=O) groups is 1. The minimum atomic E-state index is -0.00231. The number of aryl methyl sites for hydroxylation is 1. The van der Waals surface area contributed by atoms with Crippen LogP contribution >= 0.6 is 15.9 Å². The maximum atomic E-state index is 12.1. The number of hydrogen-bond acceptors (Lipinski definition) is 2. The number of aromatic nitrogens is 1. The predicted molar refractivity (Wildman–Crippen MR) is 66.5 cm³/mol. The molecule has 0 atom stereocenters. The van der Waals surface area contributed by atoms with E-state index in [1.807, 2.05) is 31.2 Å². The molecular weight excluding hydrogens is 266 g/mol. The number of pyridine rings is 1. The zero-order valence-electron chi connectivity index (χ0n) is 8.77. The zero-order chi connectivity index (χ0) is 11.5. The third kappa shape index (κ3) is 2.36. The van der Waals surface area contributed by atoms with Gasteiger partial charge in [0.05, 0.1) is 0 Å². The Morgan fingerprint density at radius 3 is 2.69 bits per heavy atom. The van der Waals surface area contributed by atoms with E-state index in [-0.39, 0.29) is 5.78 Å². The first kappa shape index (κ1) is 11.0. The quantitative estimate of drug-likeness (QED) is 0.787. The molecule has 2 aromatic rings. The molecule has 16 heavy (non-hydrogen) atoms. The van der Waals surface area contributed by atoms with Crippen LogP contribution in [0.3, 0.4) is 0 Å². The minimum Gasteiger partial charge on any atom is -0.289 e. The van der Waals surface area contributed by atoms with Crippen LogP contribution in [-0.2, 0) is 0 Å². The largest absolute Gasteiger partial charge is 0.289 e. The summed E-state index contributed by atoms with van der Waals surface area (Å²) in [5, 5.41) is 0. The van der Waals surface area contributed by atoms with E-state index in [2.05, 4.69) is 20.9 Å². The summed E-state index contributed by atoms with van der Waals surface area (Å²) in [5.74, 6) is -0.00231. The van der Waals surface area contributed by atoms with E-state index < -0.39 is 0 Å². The average molecular weight is 276 g/mol. The lowest BCUT2D eigenvalue weighted by molar-refractivity contribution is 0.103. The van der Waals surface area contributed by atoms with E-state index in [9.17, 15) is 4.79 Å². The lowest BCUT2D eigenvalue weighted by Gasteiger charge is -2.02. The Hall–Kier alpha value is -1.48. The molecule has 1 aromatic carbocycles. The van der Waals surface area contributed by atoms with Crippen molar-refractivity contribution < 1.29 is 4.79 Å². The maximum Gasteiger partial charge on any atom is 0.194 e. The van der Waals surface area contributed by atoms with Crippen LogP contribution in [0.15, 0.2) is 47.2 Å². The Kier molecular flexibility index (Phi) is 3.15. The molecule has 0 amide bonds. The lowest BCUT2D eigenvalue weighted by Crippen LogP contribution is -2.02. The number of halogens is 1. The van der Waals surface area contributed by atoms with Crippen molar-refractivity contribution in [2.75, 3.05) is 0 Å². The van der Waals surface area contributed by atoms with Crippen LogP contribution in [0.25, 0.3) is 0 Å². The van der Waals surface area contributed by atoms with Gasteiger partial charge in [0.15, 0.2) is 5.78 Å². The molecule has 1 aromatic heterocycles. The van der Waals surface area contributed by atoms with Crippen molar-refractivity contribution in [3.8, 4) is 0 Å². The highest BCUT2D eigenvalue weighted by atomic mass is 79.9. The molecule has 0 aliphatic heterocycles. The van der Waals surface area contributed by atoms with Crippen LogP contribution < -0.4 is 0 Å². The Morgan fingerprint density at radius 2 is 2.00 bits per heavy atom. The number of nitrogens with zero attached hydrogens (tertiary/aromatic N) is 1. The van der Waals surface area contributed by atoms with Crippen LogP contribution in [-0.4, -0.2) is 10.8 Å². The number of benzene rings is 1. The van der Waals surface area contributed by atoms with Gasteiger partial charge in [0, 0.05) is 28.0 Å². The average Bonchev–Trinajstić information content (AvgIpc) is 2.28. The van der Waals surface area contributed by atoms with Crippen molar-refractivity contribution in [2.24, 2.45) is 0 Å². The number of ketones is 1. The van der Waals surface area contributed by atoms with Crippen molar-refractivity contribution in [1.29, 1.82) is 0 Å². The molecule has 0 unspecified atom stereocenters. The van der Waals surface area contributed by atoms with Crippen molar-refractivity contribution in [3.63, 3.8) is 0 Å². The molecule has 2 rings (SSSR count). The number of hydrogen-bond donors (Lipinski definition) is 0. The van der Waals surface area contributed by atoms with Gasteiger partial charge in [-0.15, -0.1) is 0 Å². The molecule has 3 heteroatoms. The maximum absolute atomic E-state index is 12.1. The third-order valence-corrected chi connectivity index (χ3v) is 2.72. The molecule has 0 N–H and O–H groups in total. The van der Waals surface area contributed by atoms with E-state index in [0.29, 0.717) is 11.1 Å². The molecule has 80 valence electrons. The summed E-state index contributed by atoms with van der Waals surface area (Å²) in [6.07, 6.45) is 3.33. The van der Waals surface area contributed by atoms with Gasteiger partial charge in [-0.25, -0.2) is 0 Å². The Bertz CT molecular complexity index is 489. The molecule has 0 aliphatic carbocycles. The normalized spacial score (nSPS) is 10.1. The molecule has 0 spiro atoms. The Labute approximate surface area is 102 Å². The summed E-state index contributed by atoms with van der Waals surface area (Å²) in [7, 11) is 0. The highest BCUT2D eigenvalue weighted by molar-refractivity contribution is 9.10. The highest BCUT2D eigenvalue weighted by Gasteiger charge is 2.09. The van der Waals surface area contributed by atoms with Crippen molar-refractivity contribution >= 4 is 21.7 Å². The minimum absolute atomic E-state index is 0.00231. The molecule has 0 saturated carbocycles. The summed E-state index contributed by atoms with van der Waals surface area (Å²) in [4.78, 5) is 16.1. The van der Waals surface area contributed by atoms with Crippen molar-refractivity contribution in [2.45, 2.75) is 6.92 Å². The van der Waals surface area contributed by atoms with Gasteiger partial charge in [0.25, 0.3) is 0 Å². The molecule has 0 aliphatic rings. The van der Waals surface area contributed by atoms with E-state index in [1.165, 1.54) is 0 Å². The third-order valence-electron chi connectivity index (χ3n) is 2.22. The SMILES string of the molecule is Cc1cncc(C(=O)c2cccc(Br)c2)c1. The monoisotopic (exact) mass is 275 g/mol. The van der Waals surface area contributed by atoms with Crippen molar-refractivity contribution in [1.82, 2.24) is 4.98 Å². The van der Waals surface area contributed by atoms with Gasteiger partial charge in [-0.1, -0.05) is 28.1 Å². The Morgan fingerprint density at radius 1 is 1.19 bits per heavy atom. The first-order valence-corrected chi connectivity index (χ1v) is 5.68. The first-order chi connectivity index (χ1) is 7.66. The predicted octanol–water partition coefficient (Wildman–Crippen LogP) is 3.38. The van der Waals surface area contributed by atoms with Gasteiger partial charge >= 0.3 is 0 Å². The van der Waals surface area contributed by atoms with Gasteiger partial charge in [0.2, 0.25) is 0 Å². The molecular formula is C13H10BrNO. The fraction of sp³-hybridized carbons (Fsp3) is 0.0769. The van der Waals surface area contributed by atoms with Crippen LogP contribution in [0.1, 0.15) is 21.5 Å². The zero-order valence-corrected chi connectivity index (χ0v) is 10.4. The summed E-state index contributed by atoms with van der Waals surface area (Å²) in [6.45, 7) is 1.92. The van der Waals surface area contributed by atoms with Crippen LogP contribution in [0, 0.1) is 6.92 Å². The van der Waals surface area contributed by atoms with Crippen molar-refractivity contribution in [3.05, 3.63) is 63.9 Å². The number of carbonyl (C=O) groups excluding carboxylic acids is 1. The van der Waals surface area contributed by atoms with Gasteiger partial charge in [-0.3, -0.25) is 9.78 Å². The molecule has 1 heterocycles. The van der Waals surface area contributed by atoms with E-state index in [4.69, 9.17) is 0 Å². The second kappa shape index (κ2) is 4.58. The Balaban J connectivity index is 2.39. The number of rotatable bonds is 2. The fourth-order valence-electron chi connectivity index (χ4n) is 1.48. The summed E-state index contributed by atoms with van der Waals surface area (Å²) < 4.78 is 0.902. The summed E-state index contributed by atoms with van der Waals surface area (Å²) >= 11 is 3.35. The second-order valence-corrected chi connectivity index (χ2v) is 4.51. The molecule has 0 fully saturated rings.